The maximum absolute atomic E-state index is 6.25. The molecule has 114 valence electrons. The van der Waals surface area contributed by atoms with Gasteiger partial charge in [0.1, 0.15) is 0 Å². The largest absolute Gasteiger partial charge is 0.369 e. The van der Waals surface area contributed by atoms with Crippen LogP contribution in [0.4, 0.5) is 11.4 Å². The van der Waals surface area contributed by atoms with Crippen molar-refractivity contribution in [1.82, 2.24) is 0 Å². The number of rotatable bonds is 1. The second kappa shape index (κ2) is 6.83. The maximum atomic E-state index is 6.25. The maximum Gasteiger partial charge on any atom is 0.201 e. The van der Waals surface area contributed by atoms with Crippen LogP contribution in [0.25, 0.3) is 0 Å². The Morgan fingerprint density at radius 3 is 2.86 bits per heavy atom. The van der Waals surface area contributed by atoms with Crippen molar-refractivity contribution < 1.29 is 0 Å². The number of halogens is 3. The van der Waals surface area contributed by atoms with Gasteiger partial charge in [0.15, 0.2) is 0 Å². The molecule has 3 rings (SSSR count). The first kappa shape index (κ1) is 16.2. The zero-order valence-corrected chi connectivity index (χ0v) is 16.1. The Balaban J connectivity index is 2.00. The fourth-order valence-corrected chi connectivity index (χ4v) is 4.01. The third-order valence-corrected chi connectivity index (χ3v) is 5.65. The molecule has 1 aliphatic heterocycles. The first-order valence-corrected chi connectivity index (χ1v) is 9.48. The number of fused-ring (bicyclic) bond motifs is 1. The highest BCUT2D eigenvalue weighted by atomic mass is 79.9. The molecule has 2 aromatic carbocycles. The van der Waals surface area contributed by atoms with Crippen LogP contribution in [0.5, 0.6) is 0 Å². The van der Waals surface area contributed by atoms with E-state index in [0.717, 1.165) is 32.6 Å². The highest BCUT2D eigenvalue weighted by Crippen LogP contribution is 2.37. The van der Waals surface area contributed by atoms with E-state index in [1.165, 1.54) is 4.90 Å². The van der Waals surface area contributed by atoms with Crippen molar-refractivity contribution in [2.75, 3.05) is 17.2 Å². The molecule has 0 spiro atoms. The van der Waals surface area contributed by atoms with Gasteiger partial charge in [-0.3, -0.25) is 0 Å². The summed E-state index contributed by atoms with van der Waals surface area (Å²) in [6.45, 7) is 0.805. The second-order valence-electron chi connectivity index (χ2n) is 4.68. The molecule has 1 aliphatic rings. The summed E-state index contributed by atoms with van der Waals surface area (Å²) < 4.78 is 1.86. The van der Waals surface area contributed by atoms with E-state index in [0.29, 0.717) is 11.0 Å². The lowest BCUT2D eigenvalue weighted by atomic mass is 10.3. The first-order valence-electron chi connectivity index (χ1n) is 6.54. The van der Waals surface area contributed by atoms with Crippen LogP contribution in [0.1, 0.15) is 0 Å². The molecule has 0 radical (unpaired) electrons. The summed E-state index contributed by atoms with van der Waals surface area (Å²) in [7, 11) is 0. The minimum atomic E-state index is 0.461. The lowest BCUT2D eigenvalue weighted by Gasteiger charge is -2.30. The number of nitrogens with zero attached hydrogens (tertiary/aromatic N) is 2. The molecule has 3 nitrogen and oxygen atoms in total. The Bertz CT molecular complexity index is 752. The van der Waals surface area contributed by atoms with Crippen LogP contribution < -0.4 is 10.6 Å². The molecule has 0 aliphatic carbocycles. The fourth-order valence-electron chi connectivity index (χ4n) is 2.18. The topological polar surface area (TPSA) is 41.6 Å². The molecule has 0 unspecified atom stereocenters. The molecular formula is C15H12Br2ClN3S. The van der Waals surface area contributed by atoms with Gasteiger partial charge in [0.25, 0.3) is 0 Å². The summed E-state index contributed by atoms with van der Waals surface area (Å²) in [5, 5.41) is 0.697. The van der Waals surface area contributed by atoms with Crippen LogP contribution in [-0.4, -0.2) is 18.3 Å². The van der Waals surface area contributed by atoms with Crippen molar-refractivity contribution in [3.63, 3.8) is 0 Å². The van der Waals surface area contributed by atoms with Gasteiger partial charge in [-0.15, -0.1) is 11.8 Å². The normalized spacial score (nSPS) is 14.9. The fraction of sp³-hybridized carbons (Fsp3) is 0.133. The Kier molecular flexibility index (Phi) is 5.02. The SMILES string of the molecule is NC(=Nc1cc(Br)ccc1Br)N1CCSc2ccc(Cl)cc21. The van der Waals surface area contributed by atoms with Crippen LogP contribution in [0, 0.1) is 0 Å². The van der Waals surface area contributed by atoms with E-state index in [4.69, 9.17) is 17.3 Å². The van der Waals surface area contributed by atoms with Gasteiger partial charge in [0.2, 0.25) is 5.96 Å². The number of anilines is 1. The van der Waals surface area contributed by atoms with E-state index in [1.54, 1.807) is 11.8 Å². The third kappa shape index (κ3) is 3.45. The van der Waals surface area contributed by atoms with E-state index in [9.17, 15) is 0 Å². The quantitative estimate of drug-likeness (QED) is 0.455. The van der Waals surface area contributed by atoms with Crippen molar-refractivity contribution in [3.8, 4) is 0 Å². The predicted molar refractivity (Wildman–Crippen MR) is 103 cm³/mol. The van der Waals surface area contributed by atoms with E-state index in [1.807, 2.05) is 41.3 Å². The van der Waals surface area contributed by atoms with Gasteiger partial charge in [0.05, 0.1) is 11.4 Å². The van der Waals surface area contributed by atoms with Gasteiger partial charge in [-0.25, -0.2) is 4.99 Å². The van der Waals surface area contributed by atoms with Gasteiger partial charge in [-0.1, -0.05) is 27.5 Å². The lowest BCUT2D eigenvalue weighted by Crippen LogP contribution is -2.40. The summed E-state index contributed by atoms with van der Waals surface area (Å²) in [4.78, 5) is 7.74. The van der Waals surface area contributed by atoms with E-state index >= 15 is 0 Å². The summed E-state index contributed by atoms with van der Waals surface area (Å²) in [5.74, 6) is 1.42. The zero-order chi connectivity index (χ0) is 15.7. The third-order valence-electron chi connectivity index (χ3n) is 3.20. The molecule has 2 aromatic rings. The molecule has 1 heterocycles. The van der Waals surface area contributed by atoms with Crippen LogP contribution in [0.3, 0.4) is 0 Å². The molecule has 0 amide bonds. The van der Waals surface area contributed by atoms with E-state index in [-0.39, 0.29) is 0 Å². The van der Waals surface area contributed by atoms with Gasteiger partial charge in [-0.2, -0.15) is 0 Å². The van der Waals surface area contributed by atoms with E-state index in [2.05, 4.69) is 36.9 Å². The molecule has 7 heteroatoms. The lowest BCUT2D eigenvalue weighted by molar-refractivity contribution is 1.01. The molecule has 0 bridgehead atoms. The molecule has 0 saturated heterocycles. The standard InChI is InChI=1S/C15H12Br2ClN3S/c16-9-1-3-11(17)12(7-9)20-15(19)21-5-6-22-14-4-2-10(18)8-13(14)21/h1-4,7-8H,5-6H2,(H2,19,20). The average molecular weight is 462 g/mol. The first-order chi connectivity index (χ1) is 10.5. The number of benzene rings is 2. The Morgan fingerprint density at radius 1 is 1.23 bits per heavy atom. The van der Waals surface area contributed by atoms with Crippen molar-refractivity contribution in [1.29, 1.82) is 0 Å². The summed E-state index contributed by atoms with van der Waals surface area (Å²) >= 11 is 14.9. The van der Waals surface area contributed by atoms with Crippen LogP contribution in [0.15, 0.2) is 55.2 Å². The van der Waals surface area contributed by atoms with Crippen LogP contribution in [0.2, 0.25) is 5.02 Å². The minimum absolute atomic E-state index is 0.461. The Morgan fingerprint density at radius 2 is 2.05 bits per heavy atom. The van der Waals surface area contributed by atoms with Crippen molar-refractivity contribution >= 4 is 72.6 Å². The second-order valence-corrected chi connectivity index (χ2v) is 8.02. The molecule has 0 aromatic heterocycles. The number of guanidine groups is 1. The average Bonchev–Trinajstić information content (AvgIpc) is 2.50. The summed E-state index contributed by atoms with van der Waals surface area (Å²) in [5.41, 5.74) is 8.05. The Hall–Kier alpha value is -0.690. The molecule has 22 heavy (non-hydrogen) atoms. The number of nitrogens with two attached hydrogens (primary N) is 1. The van der Waals surface area contributed by atoms with Crippen LogP contribution >= 0.6 is 55.2 Å². The molecule has 0 saturated carbocycles. The van der Waals surface area contributed by atoms with E-state index < -0.39 is 0 Å². The molecule has 0 fully saturated rings. The smallest absolute Gasteiger partial charge is 0.201 e. The van der Waals surface area contributed by atoms with Gasteiger partial charge >= 0.3 is 0 Å². The molecule has 0 atom stereocenters. The van der Waals surface area contributed by atoms with Gasteiger partial charge < -0.3 is 10.6 Å². The molecule has 2 N–H and O–H groups in total. The minimum Gasteiger partial charge on any atom is -0.369 e. The van der Waals surface area contributed by atoms with Crippen molar-refractivity contribution in [2.45, 2.75) is 4.90 Å². The summed E-state index contributed by atoms with van der Waals surface area (Å²) in [6, 6.07) is 11.7. The predicted octanol–water partition coefficient (Wildman–Crippen LogP) is 5.42. The highest BCUT2D eigenvalue weighted by molar-refractivity contribution is 9.11. The number of thioether (sulfide) groups is 1. The molecular weight excluding hydrogens is 450 g/mol. The number of aliphatic imine (C=N–C) groups is 1. The van der Waals surface area contributed by atoms with Crippen LogP contribution in [-0.2, 0) is 0 Å². The van der Waals surface area contributed by atoms with Crippen molar-refractivity contribution in [2.24, 2.45) is 10.7 Å². The van der Waals surface area contributed by atoms with Gasteiger partial charge in [-0.05, 0) is 52.3 Å². The number of hydrogen-bond acceptors (Lipinski definition) is 2. The number of hydrogen-bond donors (Lipinski definition) is 1. The van der Waals surface area contributed by atoms with Gasteiger partial charge in [0, 0.05) is 31.2 Å². The Labute approximate surface area is 155 Å². The van der Waals surface area contributed by atoms with Crippen molar-refractivity contribution in [3.05, 3.63) is 50.4 Å². The monoisotopic (exact) mass is 459 g/mol. The highest BCUT2D eigenvalue weighted by Gasteiger charge is 2.20. The summed E-state index contributed by atoms with van der Waals surface area (Å²) in [6.07, 6.45) is 0. The zero-order valence-electron chi connectivity index (χ0n) is 11.4.